The zero-order valence-corrected chi connectivity index (χ0v) is 16.1. The Hall–Kier alpha value is -3.41. The first-order chi connectivity index (χ1) is 14.3. The topological polar surface area (TPSA) is 74.8 Å². The first kappa shape index (κ1) is 19.9. The second kappa shape index (κ2) is 7.44. The predicted molar refractivity (Wildman–Crippen MR) is 103 cm³/mol. The minimum absolute atomic E-state index is 0.0485. The third-order valence-electron chi connectivity index (χ3n) is 5.41. The van der Waals surface area contributed by atoms with E-state index < -0.39 is 11.7 Å². The van der Waals surface area contributed by atoms with Crippen LogP contribution in [-0.2, 0) is 13.2 Å². The molecule has 0 saturated carbocycles. The lowest BCUT2D eigenvalue weighted by molar-refractivity contribution is -0.137. The average molecular weight is 413 g/mol. The van der Waals surface area contributed by atoms with Gasteiger partial charge in [0, 0.05) is 31.6 Å². The molecule has 0 spiro atoms. The molecule has 1 aliphatic heterocycles. The molecule has 1 aliphatic rings. The molecule has 6 nitrogen and oxygen atoms in total. The van der Waals surface area contributed by atoms with E-state index in [0.29, 0.717) is 53.8 Å². The van der Waals surface area contributed by atoms with Crippen LogP contribution in [0.5, 0.6) is 0 Å². The largest absolute Gasteiger partial charge is 0.416 e. The van der Waals surface area contributed by atoms with Crippen molar-refractivity contribution < 1.29 is 18.0 Å². The van der Waals surface area contributed by atoms with Crippen LogP contribution in [0.4, 0.5) is 13.2 Å². The van der Waals surface area contributed by atoms with Gasteiger partial charge in [-0.25, -0.2) is 4.98 Å². The summed E-state index contributed by atoms with van der Waals surface area (Å²) in [5.41, 5.74) is 1.00. The maximum Gasteiger partial charge on any atom is 0.416 e. The fourth-order valence-electron chi connectivity index (χ4n) is 3.65. The van der Waals surface area contributed by atoms with Crippen molar-refractivity contribution >= 4 is 16.9 Å². The molecule has 0 aliphatic carbocycles. The number of halogens is 3. The second-order valence-electron chi connectivity index (χ2n) is 7.33. The van der Waals surface area contributed by atoms with Crippen molar-refractivity contribution in [2.45, 2.75) is 19.0 Å². The summed E-state index contributed by atoms with van der Waals surface area (Å²) in [5.74, 6) is -0.243. The number of alkyl halides is 3. The lowest BCUT2D eigenvalue weighted by Crippen LogP contribution is -2.38. The number of piperidine rings is 1. The molecule has 1 fully saturated rings. The van der Waals surface area contributed by atoms with Gasteiger partial charge < -0.3 is 4.90 Å². The molecular formula is C21H18F3N5O. The second-order valence-corrected chi connectivity index (χ2v) is 7.33. The molecule has 1 aromatic carbocycles. The molecule has 0 atom stereocenters. The number of fused-ring (bicyclic) bond motifs is 1. The van der Waals surface area contributed by atoms with Crippen LogP contribution in [0.1, 0.15) is 28.8 Å². The Balaban J connectivity index is 1.74. The fourth-order valence-corrected chi connectivity index (χ4v) is 3.65. The molecule has 30 heavy (non-hydrogen) atoms. The Kier molecular flexibility index (Phi) is 4.94. The first-order valence-electron chi connectivity index (χ1n) is 9.47. The number of carbonyl (C=O) groups excluding carboxylic acids is 1. The maximum atomic E-state index is 13.2. The number of aromatic nitrogens is 3. The highest BCUT2D eigenvalue weighted by molar-refractivity contribution is 6.06. The van der Waals surface area contributed by atoms with Gasteiger partial charge in [0.1, 0.15) is 0 Å². The number of aryl methyl sites for hydroxylation is 1. The normalized spacial score (nSPS) is 15.4. The van der Waals surface area contributed by atoms with Gasteiger partial charge in [-0.2, -0.15) is 23.5 Å². The minimum Gasteiger partial charge on any atom is -0.339 e. The Bertz CT molecular complexity index is 1140. The monoisotopic (exact) mass is 413 g/mol. The first-order valence-corrected chi connectivity index (χ1v) is 9.47. The van der Waals surface area contributed by atoms with E-state index in [1.807, 2.05) is 0 Å². The van der Waals surface area contributed by atoms with Crippen LogP contribution in [0, 0.1) is 17.2 Å². The highest BCUT2D eigenvalue weighted by Gasteiger charge is 2.30. The average Bonchev–Trinajstić information content (AvgIpc) is 3.13. The molecule has 0 bridgehead atoms. The highest BCUT2D eigenvalue weighted by Crippen LogP contribution is 2.32. The molecule has 4 rings (SSSR count). The summed E-state index contributed by atoms with van der Waals surface area (Å²) in [5, 5.41) is 13.8. The van der Waals surface area contributed by atoms with E-state index in [1.54, 1.807) is 24.2 Å². The molecule has 3 aromatic rings. The van der Waals surface area contributed by atoms with Crippen LogP contribution in [0.25, 0.3) is 22.3 Å². The van der Waals surface area contributed by atoms with Gasteiger partial charge in [-0.15, -0.1) is 0 Å². The van der Waals surface area contributed by atoms with Gasteiger partial charge in [0.05, 0.1) is 34.5 Å². The summed E-state index contributed by atoms with van der Waals surface area (Å²) >= 11 is 0. The van der Waals surface area contributed by atoms with Gasteiger partial charge in [0.2, 0.25) is 0 Å². The van der Waals surface area contributed by atoms with Crippen molar-refractivity contribution in [3.8, 4) is 17.3 Å². The molecule has 9 heteroatoms. The van der Waals surface area contributed by atoms with Gasteiger partial charge >= 0.3 is 6.18 Å². The van der Waals surface area contributed by atoms with Gasteiger partial charge in [0.15, 0.2) is 5.65 Å². The van der Waals surface area contributed by atoms with Gasteiger partial charge in [0.25, 0.3) is 5.91 Å². The number of hydrogen-bond acceptors (Lipinski definition) is 4. The lowest BCUT2D eigenvalue weighted by Gasteiger charge is -2.29. The smallest absolute Gasteiger partial charge is 0.339 e. The molecule has 1 saturated heterocycles. The van der Waals surface area contributed by atoms with Crippen LogP contribution >= 0.6 is 0 Å². The zero-order chi connectivity index (χ0) is 21.5. The summed E-state index contributed by atoms with van der Waals surface area (Å²) in [6, 6.07) is 8.53. The molecule has 1 amide bonds. The van der Waals surface area contributed by atoms with Gasteiger partial charge in [-0.1, -0.05) is 12.1 Å². The van der Waals surface area contributed by atoms with Crippen molar-refractivity contribution in [2.24, 2.45) is 13.0 Å². The van der Waals surface area contributed by atoms with Crippen molar-refractivity contribution in [1.82, 2.24) is 19.7 Å². The minimum atomic E-state index is -4.42. The van der Waals surface area contributed by atoms with E-state index in [2.05, 4.69) is 16.2 Å². The maximum absolute atomic E-state index is 13.2. The number of pyridine rings is 1. The lowest BCUT2D eigenvalue weighted by atomic mass is 9.97. The van der Waals surface area contributed by atoms with Crippen LogP contribution in [0.15, 0.2) is 36.5 Å². The van der Waals surface area contributed by atoms with E-state index in [-0.39, 0.29) is 11.8 Å². The number of hydrogen-bond donors (Lipinski definition) is 0. The Morgan fingerprint density at radius 3 is 2.47 bits per heavy atom. The van der Waals surface area contributed by atoms with Crippen molar-refractivity contribution in [2.75, 3.05) is 13.1 Å². The van der Waals surface area contributed by atoms with E-state index in [0.717, 1.165) is 12.1 Å². The highest BCUT2D eigenvalue weighted by atomic mass is 19.4. The van der Waals surface area contributed by atoms with E-state index >= 15 is 0 Å². The summed E-state index contributed by atoms with van der Waals surface area (Å²) < 4.78 is 40.1. The van der Waals surface area contributed by atoms with E-state index in [1.165, 1.54) is 16.8 Å². The van der Waals surface area contributed by atoms with E-state index in [4.69, 9.17) is 5.26 Å². The summed E-state index contributed by atoms with van der Waals surface area (Å²) in [7, 11) is 1.69. The summed E-state index contributed by atoms with van der Waals surface area (Å²) in [4.78, 5) is 19.4. The Labute approximate surface area is 170 Å². The van der Waals surface area contributed by atoms with Crippen LogP contribution in [-0.4, -0.2) is 38.7 Å². The summed E-state index contributed by atoms with van der Waals surface area (Å²) in [6.07, 6.45) is -1.62. The molecule has 2 aromatic heterocycles. The molecule has 0 N–H and O–H groups in total. The third kappa shape index (κ3) is 3.61. The standard InChI is InChI=1S/C21H18F3N5O/c1-28-19-17(12-26-28)16(20(30)29-8-6-13(11-25)7-9-29)10-18(27-19)14-2-4-15(5-3-14)21(22,23)24/h2-5,10,12-13H,6-9H2,1H3. The van der Waals surface area contributed by atoms with Crippen LogP contribution < -0.4 is 0 Å². The van der Waals surface area contributed by atoms with Crippen molar-refractivity contribution in [3.05, 3.63) is 47.7 Å². The number of nitriles is 1. The molecule has 0 radical (unpaired) electrons. The fraction of sp³-hybridized carbons (Fsp3) is 0.333. The Morgan fingerprint density at radius 1 is 1.20 bits per heavy atom. The number of carbonyl (C=O) groups is 1. The quantitative estimate of drug-likeness (QED) is 0.636. The van der Waals surface area contributed by atoms with Crippen molar-refractivity contribution in [3.63, 3.8) is 0 Å². The zero-order valence-electron chi connectivity index (χ0n) is 16.1. The SMILES string of the molecule is Cn1ncc2c(C(=O)N3CCC(C#N)CC3)cc(-c3ccc(C(F)(F)F)cc3)nc21. The number of likely N-dealkylation sites (tertiary alicyclic amines) is 1. The Morgan fingerprint density at radius 2 is 1.87 bits per heavy atom. The third-order valence-corrected chi connectivity index (χ3v) is 5.41. The van der Waals surface area contributed by atoms with E-state index in [9.17, 15) is 18.0 Å². The molecule has 3 heterocycles. The number of nitrogens with zero attached hydrogens (tertiary/aromatic N) is 5. The number of benzene rings is 1. The number of rotatable bonds is 2. The van der Waals surface area contributed by atoms with Crippen molar-refractivity contribution in [1.29, 1.82) is 5.26 Å². The molecule has 154 valence electrons. The number of amides is 1. The molecule has 0 unspecified atom stereocenters. The summed E-state index contributed by atoms with van der Waals surface area (Å²) in [6.45, 7) is 0.966. The van der Waals surface area contributed by atoms with Gasteiger partial charge in [-0.05, 0) is 31.0 Å². The molecular weight excluding hydrogens is 395 g/mol. The van der Waals surface area contributed by atoms with Crippen LogP contribution in [0.2, 0.25) is 0 Å². The predicted octanol–water partition coefficient (Wildman–Crippen LogP) is 4.03. The van der Waals surface area contributed by atoms with Crippen LogP contribution in [0.3, 0.4) is 0 Å². The van der Waals surface area contributed by atoms with Gasteiger partial charge in [-0.3, -0.25) is 9.48 Å².